The summed E-state index contributed by atoms with van der Waals surface area (Å²) < 4.78 is 24.4. The molecule has 2 saturated heterocycles. The highest BCUT2D eigenvalue weighted by atomic mass is 32.2. The number of aromatic amines is 1. The minimum absolute atomic E-state index is 0.00118. The average Bonchev–Trinajstić information content (AvgIpc) is 2.96. The van der Waals surface area contributed by atoms with Crippen LogP contribution in [0.2, 0.25) is 0 Å². The first-order valence-electron chi connectivity index (χ1n) is 8.77. The minimum atomic E-state index is -3.16. The van der Waals surface area contributed by atoms with Gasteiger partial charge in [-0.2, -0.15) is 0 Å². The van der Waals surface area contributed by atoms with Crippen molar-refractivity contribution in [1.29, 1.82) is 0 Å². The van der Waals surface area contributed by atoms with E-state index in [0.717, 1.165) is 6.54 Å². The molecule has 4 rings (SSSR count). The Morgan fingerprint density at radius 1 is 1.15 bits per heavy atom. The number of hydrogen-bond acceptors (Lipinski definition) is 5. The number of amides is 1. The molecule has 0 spiro atoms. The van der Waals surface area contributed by atoms with Crippen molar-refractivity contribution in [2.45, 2.75) is 19.0 Å². The van der Waals surface area contributed by atoms with Crippen molar-refractivity contribution in [3.63, 3.8) is 0 Å². The summed E-state index contributed by atoms with van der Waals surface area (Å²) in [6.07, 6.45) is 1.44. The minimum Gasteiger partial charge on any atom is -0.332 e. The molecule has 2 aliphatic heterocycles. The number of rotatable bonds is 2. The van der Waals surface area contributed by atoms with Gasteiger partial charge in [0.15, 0.2) is 9.84 Å². The first kappa shape index (κ1) is 17.2. The number of likely N-dealkylation sites (N-methyl/N-ethyl adjacent to an activating group) is 1. The molecule has 3 heterocycles. The number of nitrogens with one attached hydrogen (secondary N) is 1. The number of carbonyl (C=O) groups is 1. The molecule has 1 amide bonds. The Kier molecular flexibility index (Phi) is 4.11. The smallest absolute Gasteiger partial charge is 0.256 e. The fourth-order valence-corrected chi connectivity index (χ4v) is 6.22. The lowest BCUT2D eigenvalue weighted by Gasteiger charge is -2.43. The first-order valence-corrected chi connectivity index (χ1v) is 10.6. The van der Waals surface area contributed by atoms with Gasteiger partial charge >= 0.3 is 0 Å². The van der Waals surface area contributed by atoms with Gasteiger partial charge in [0.2, 0.25) is 0 Å². The Labute approximate surface area is 151 Å². The van der Waals surface area contributed by atoms with E-state index in [9.17, 15) is 18.0 Å². The Hall–Kier alpha value is -2.19. The summed E-state index contributed by atoms with van der Waals surface area (Å²) in [4.78, 5) is 31.7. The van der Waals surface area contributed by atoms with Crippen molar-refractivity contribution in [3.05, 3.63) is 46.4 Å². The van der Waals surface area contributed by atoms with E-state index in [2.05, 4.69) is 9.88 Å². The van der Waals surface area contributed by atoms with Crippen molar-refractivity contribution in [3.8, 4) is 0 Å². The maximum absolute atomic E-state index is 13.3. The number of nitrogens with zero attached hydrogens (tertiary/aromatic N) is 2. The van der Waals surface area contributed by atoms with E-state index >= 15 is 0 Å². The Morgan fingerprint density at radius 3 is 2.58 bits per heavy atom. The van der Waals surface area contributed by atoms with Crippen LogP contribution in [0.5, 0.6) is 0 Å². The van der Waals surface area contributed by atoms with Crippen LogP contribution in [0.3, 0.4) is 0 Å². The molecule has 0 unspecified atom stereocenters. The second-order valence-electron chi connectivity index (χ2n) is 6.92. The van der Waals surface area contributed by atoms with Crippen LogP contribution in [-0.2, 0) is 9.84 Å². The monoisotopic (exact) mass is 375 g/mol. The molecule has 0 radical (unpaired) electrons. The summed E-state index contributed by atoms with van der Waals surface area (Å²) >= 11 is 0. The number of fused-ring (bicyclic) bond motifs is 2. The average molecular weight is 375 g/mol. The predicted octanol–water partition coefficient (Wildman–Crippen LogP) is 0.471. The van der Waals surface area contributed by atoms with E-state index in [4.69, 9.17) is 0 Å². The van der Waals surface area contributed by atoms with Crippen LogP contribution in [0.25, 0.3) is 10.8 Å². The van der Waals surface area contributed by atoms with Gasteiger partial charge in [-0.25, -0.2) is 8.42 Å². The lowest BCUT2D eigenvalue weighted by Crippen LogP contribution is -2.60. The Bertz CT molecular complexity index is 1030. The molecule has 2 atom stereocenters. The number of pyridine rings is 1. The Balaban J connectivity index is 1.75. The molecule has 0 aliphatic carbocycles. The third-order valence-electron chi connectivity index (χ3n) is 5.50. The van der Waals surface area contributed by atoms with E-state index < -0.39 is 9.84 Å². The molecule has 1 aromatic carbocycles. The van der Waals surface area contributed by atoms with Crippen molar-refractivity contribution in [2.75, 3.05) is 31.1 Å². The molecule has 1 N–H and O–H groups in total. The molecule has 8 heteroatoms. The number of aromatic nitrogens is 1. The zero-order chi connectivity index (χ0) is 18.5. The van der Waals surface area contributed by atoms with Crippen LogP contribution in [-0.4, -0.2) is 72.3 Å². The van der Waals surface area contributed by atoms with Crippen LogP contribution in [0.15, 0.2) is 35.3 Å². The van der Waals surface area contributed by atoms with E-state index in [0.29, 0.717) is 29.4 Å². The molecule has 2 aliphatic rings. The van der Waals surface area contributed by atoms with Gasteiger partial charge in [0, 0.05) is 36.1 Å². The van der Waals surface area contributed by atoms with Gasteiger partial charge in [-0.3, -0.25) is 14.5 Å². The summed E-state index contributed by atoms with van der Waals surface area (Å²) in [5.41, 5.74) is 0.169. The van der Waals surface area contributed by atoms with E-state index in [-0.39, 0.29) is 35.1 Å². The number of piperazine rings is 1. The van der Waals surface area contributed by atoms with Crippen LogP contribution in [0.1, 0.15) is 17.3 Å². The lowest BCUT2D eigenvalue weighted by molar-refractivity contribution is 0.0351. The number of sulfone groups is 1. The molecule has 26 heavy (non-hydrogen) atoms. The number of carbonyl (C=O) groups excluding carboxylic acids is 1. The maximum atomic E-state index is 13.3. The predicted molar refractivity (Wildman–Crippen MR) is 99.1 cm³/mol. The molecule has 7 nitrogen and oxygen atoms in total. The van der Waals surface area contributed by atoms with Gasteiger partial charge in [0.05, 0.1) is 23.1 Å². The van der Waals surface area contributed by atoms with Crippen molar-refractivity contribution >= 4 is 26.5 Å². The zero-order valence-electron chi connectivity index (χ0n) is 14.5. The van der Waals surface area contributed by atoms with Gasteiger partial charge in [-0.05, 0) is 12.6 Å². The molecular weight excluding hydrogens is 354 g/mol. The van der Waals surface area contributed by atoms with Gasteiger partial charge < -0.3 is 9.88 Å². The van der Waals surface area contributed by atoms with Crippen LogP contribution < -0.4 is 5.56 Å². The zero-order valence-corrected chi connectivity index (χ0v) is 15.3. The highest BCUT2D eigenvalue weighted by molar-refractivity contribution is 7.91. The second kappa shape index (κ2) is 6.21. The Morgan fingerprint density at radius 2 is 1.85 bits per heavy atom. The quantitative estimate of drug-likeness (QED) is 0.824. The van der Waals surface area contributed by atoms with E-state index in [1.165, 1.54) is 6.20 Å². The van der Waals surface area contributed by atoms with Gasteiger partial charge in [-0.15, -0.1) is 0 Å². The normalized spacial score (nSPS) is 25.3. The molecule has 2 fully saturated rings. The summed E-state index contributed by atoms with van der Waals surface area (Å²) in [6, 6.07) is 6.48. The fraction of sp³-hybridized carbons (Fsp3) is 0.444. The van der Waals surface area contributed by atoms with Crippen molar-refractivity contribution < 1.29 is 13.2 Å². The van der Waals surface area contributed by atoms with Gasteiger partial charge in [0.1, 0.15) is 0 Å². The summed E-state index contributed by atoms with van der Waals surface area (Å²) in [5.74, 6) is -0.122. The van der Waals surface area contributed by atoms with Gasteiger partial charge in [0.25, 0.3) is 11.5 Å². The first-order chi connectivity index (χ1) is 12.4. The maximum Gasteiger partial charge on any atom is 0.256 e. The van der Waals surface area contributed by atoms with E-state index in [1.54, 1.807) is 29.2 Å². The molecule has 0 saturated carbocycles. The number of benzene rings is 1. The van der Waals surface area contributed by atoms with E-state index in [1.807, 2.05) is 6.92 Å². The standard InChI is InChI=1S/C18H21N3O4S/c1-2-20-7-8-21(16-11-26(24,25)10-15(16)20)18(23)14-9-19-17(22)13-6-4-3-5-12(13)14/h3-6,9,15-16H,2,7-8,10-11H2,1H3,(H,19,22)/t15-,16+/m1/s1. The van der Waals surface area contributed by atoms with Crippen LogP contribution >= 0.6 is 0 Å². The van der Waals surface area contributed by atoms with Crippen LogP contribution in [0, 0.1) is 0 Å². The molecule has 2 aromatic rings. The summed E-state index contributed by atoms with van der Waals surface area (Å²) in [5, 5.41) is 1.05. The second-order valence-corrected chi connectivity index (χ2v) is 9.07. The molecular formula is C18H21N3O4S. The third kappa shape index (κ3) is 2.73. The summed E-state index contributed by atoms with van der Waals surface area (Å²) in [6.45, 7) is 3.91. The topological polar surface area (TPSA) is 90.6 Å². The molecule has 138 valence electrons. The fourth-order valence-electron chi connectivity index (χ4n) is 4.21. The van der Waals surface area contributed by atoms with Gasteiger partial charge in [-0.1, -0.05) is 25.1 Å². The highest BCUT2D eigenvalue weighted by Gasteiger charge is 2.47. The lowest BCUT2D eigenvalue weighted by atomic mass is 10.0. The third-order valence-corrected chi connectivity index (χ3v) is 7.20. The van der Waals surface area contributed by atoms with Crippen LogP contribution in [0.4, 0.5) is 0 Å². The van der Waals surface area contributed by atoms with Crippen molar-refractivity contribution in [1.82, 2.24) is 14.8 Å². The number of H-pyrrole nitrogens is 1. The summed E-state index contributed by atoms with van der Waals surface area (Å²) in [7, 11) is -3.16. The molecule has 0 bridgehead atoms. The highest BCUT2D eigenvalue weighted by Crippen LogP contribution is 2.29. The SMILES string of the molecule is CCN1CCN(C(=O)c2c[nH]c(=O)c3ccccc23)[C@H]2CS(=O)(=O)C[C@H]21. The largest absolute Gasteiger partial charge is 0.332 e. The number of hydrogen-bond donors (Lipinski definition) is 1. The molecule has 1 aromatic heterocycles. The van der Waals surface area contributed by atoms with Crippen molar-refractivity contribution in [2.24, 2.45) is 0 Å².